The van der Waals surface area contributed by atoms with E-state index in [1.165, 1.54) is 70.9 Å². The van der Waals surface area contributed by atoms with Crippen molar-refractivity contribution in [1.29, 1.82) is 0 Å². The molecule has 2 heteroatoms. The molecule has 0 radical (unpaired) electrons. The Labute approximate surface area is 308 Å². The first-order valence-electron chi connectivity index (χ1n) is 18.1. The van der Waals surface area contributed by atoms with Crippen LogP contribution in [0.4, 0.5) is 17.2 Å². The van der Waals surface area contributed by atoms with Gasteiger partial charge in [-0.3, -0.25) is 4.90 Å². The molecule has 0 aliphatic heterocycles. The van der Waals surface area contributed by atoms with E-state index in [-0.39, 0.29) is 0 Å². The number of fused-ring (bicyclic) bond motifs is 5. The third-order valence-corrected chi connectivity index (χ3v) is 10.5. The van der Waals surface area contributed by atoms with Crippen LogP contribution in [-0.4, -0.2) is 4.98 Å². The molecule has 0 atom stereocenters. The van der Waals surface area contributed by atoms with E-state index in [0.717, 1.165) is 22.8 Å². The van der Waals surface area contributed by atoms with Gasteiger partial charge >= 0.3 is 0 Å². The molecule has 0 saturated carbocycles. The fourth-order valence-corrected chi connectivity index (χ4v) is 8.12. The molecular weight excluding hydrogens is 641 g/mol. The number of benzene rings is 9. The summed E-state index contributed by atoms with van der Waals surface area (Å²) in [5.41, 5.74) is 9.41. The Morgan fingerprint density at radius 2 is 0.887 bits per heavy atom. The van der Waals surface area contributed by atoms with Crippen LogP contribution in [0, 0.1) is 0 Å². The summed E-state index contributed by atoms with van der Waals surface area (Å²) in [7, 11) is 0. The van der Waals surface area contributed by atoms with Crippen LogP contribution in [0.2, 0.25) is 0 Å². The number of hydrogen-bond acceptors (Lipinski definition) is 2. The maximum Gasteiger partial charge on any atom is 0.137 e. The molecule has 1 heterocycles. The van der Waals surface area contributed by atoms with Crippen molar-refractivity contribution in [1.82, 2.24) is 4.98 Å². The number of aromatic nitrogens is 1. The molecule has 9 aromatic carbocycles. The van der Waals surface area contributed by atoms with Crippen LogP contribution in [0.5, 0.6) is 0 Å². The van der Waals surface area contributed by atoms with Crippen molar-refractivity contribution in [3.63, 3.8) is 0 Å². The van der Waals surface area contributed by atoms with Gasteiger partial charge in [0, 0.05) is 17.6 Å². The average molecular weight is 675 g/mol. The largest absolute Gasteiger partial charge is 0.295 e. The summed E-state index contributed by atoms with van der Waals surface area (Å²) in [4.78, 5) is 7.04. The van der Waals surface area contributed by atoms with Gasteiger partial charge in [-0.05, 0) is 119 Å². The minimum Gasteiger partial charge on any atom is -0.295 e. The van der Waals surface area contributed by atoms with Gasteiger partial charge in [0.1, 0.15) is 5.82 Å². The molecule has 0 spiro atoms. The maximum absolute atomic E-state index is 4.80. The molecule has 53 heavy (non-hydrogen) atoms. The monoisotopic (exact) mass is 674 g/mol. The highest BCUT2D eigenvalue weighted by Gasteiger charge is 2.20. The molecule has 0 unspecified atom stereocenters. The molecule has 2 nitrogen and oxygen atoms in total. The standard InChI is InChI=1S/C51H34N2/c1-2-15-35(16-3-1)37-18-14-19-40(33-37)53(49-27-12-13-32-52-49)39-30-28-36(29-31-39)50-44-23-8-10-25-46(44)51(47-26-11-9-24-45(47)50)48-34-38-17-4-5-20-41(38)42-21-6-7-22-43(42)48/h1-34H. The smallest absolute Gasteiger partial charge is 0.137 e. The third-order valence-electron chi connectivity index (χ3n) is 10.5. The molecule has 0 aliphatic rings. The summed E-state index contributed by atoms with van der Waals surface area (Å²) in [6, 6.07) is 72.1. The molecule has 0 bridgehead atoms. The number of rotatable bonds is 6. The van der Waals surface area contributed by atoms with Crippen LogP contribution >= 0.6 is 0 Å². The van der Waals surface area contributed by atoms with E-state index >= 15 is 0 Å². The van der Waals surface area contributed by atoms with Gasteiger partial charge in [0.15, 0.2) is 0 Å². The predicted octanol–water partition coefficient (Wildman–Crippen LogP) is 14.2. The summed E-state index contributed by atoms with van der Waals surface area (Å²) in [6.07, 6.45) is 1.86. The minimum absolute atomic E-state index is 0.869. The lowest BCUT2D eigenvalue weighted by atomic mass is 9.84. The first kappa shape index (κ1) is 30.8. The summed E-state index contributed by atoms with van der Waals surface area (Å²) < 4.78 is 0. The predicted molar refractivity (Wildman–Crippen MR) is 225 cm³/mol. The van der Waals surface area contributed by atoms with Crippen molar-refractivity contribution >= 4 is 60.3 Å². The molecule has 10 aromatic rings. The van der Waals surface area contributed by atoms with Crippen molar-refractivity contribution in [2.75, 3.05) is 4.90 Å². The Balaban J connectivity index is 1.16. The van der Waals surface area contributed by atoms with Crippen molar-refractivity contribution in [3.8, 4) is 33.4 Å². The normalized spacial score (nSPS) is 11.4. The Kier molecular flexibility index (Phi) is 7.51. The van der Waals surface area contributed by atoms with Crippen molar-refractivity contribution in [3.05, 3.63) is 206 Å². The number of pyridine rings is 1. The quantitative estimate of drug-likeness (QED) is 0.129. The van der Waals surface area contributed by atoms with Gasteiger partial charge in [0.05, 0.1) is 0 Å². The molecule has 10 rings (SSSR count). The summed E-state index contributed by atoms with van der Waals surface area (Å²) in [6.45, 7) is 0. The van der Waals surface area contributed by atoms with Crippen molar-refractivity contribution < 1.29 is 0 Å². The van der Waals surface area contributed by atoms with Crippen LogP contribution < -0.4 is 4.90 Å². The van der Waals surface area contributed by atoms with Gasteiger partial charge in [0.25, 0.3) is 0 Å². The second-order valence-corrected chi connectivity index (χ2v) is 13.5. The Morgan fingerprint density at radius 1 is 0.321 bits per heavy atom. The Bertz CT molecular complexity index is 2870. The highest BCUT2D eigenvalue weighted by atomic mass is 15.2. The fraction of sp³-hybridized carbons (Fsp3) is 0. The first-order valence-corrected chi connectivity index (χ1v) is 18.1. The number of anilines is 3. The molecular formula is C51H34N2. The van der Waals surface area contributed by atoms with Crippen molar-refractivity contribution in [2.24, 2.45) is 0 Å². The molecule has 0 aliphatic carbocycles. The fourth-order valence-electron chi connectivity index (χ4n) is 8.12. The molecule has 248 valence electrons. The van der Waals surface area contributed by atoms with Gasteiger partial charge < -0.3 is 0 Å². The molecule has 0 amide bonds. The molecule has 0 N–H and O–H groups in total. The second kappa shape index (κ2) is 12.9. The zero-order valence-corrected chi connectivity index (χ0v) is 29.0. The van der Waals surface area contributed by atoms with Crippen LogP contribution in [0.15, 0.2) is 206 Å². The van der Waals surface area contributed by atoms with Crippen LogP contribution in [-0.2, 0) is 0 Å². The maximum atomic E-state index is 4.80. The lowest BCUT2D eigenvalue weighted by Gasteiger charge is -2.25. The van der Waals surface area contributed by atoms with E-state index < -0.39 is 0 Å². The zero-order chi connectivity index (χ0) is 35.1. The van der Waals surface area contributed by atoms with E-state index in [1.54, 1.807) is 0 Å². The molecule has 0 saturated heterocycles. The summed E-state index contributed by atoms with van der Waals surface area (Å²) in [5.74, 6) is 0.869. The van der Waals surface area contributed by atoms with E-state index in [1.807, 2.05) is 18.3 Å². The lowest BCUT2D eigenvalue weighted by Crippen LogP contribution is -2.11. The number of nitrogens with zero attached hydrogens (tertiary/aromatic N) is 2. The Morgan fingerprint density at radius 3 is 1.57 bits per heavy atom. The highest BCUT2D eigenvalue weighted by molar-refractivity contribution is 6.25. The van der Waals surface area contributed by atoms with Crippen LogP contribution in [0.3, 0.4) is 0 Å². The van der Waals surface area contributed by atoms with Crippen molar-refractivity contribution in [2.45, 2.75) is 0 Å². The van der Waals surface area contributed by atoms with Gasteiger partial charge in [-0.25, -0.2) is 4.98 Å². The SMILES string of the molecule is c1ccc(-c2cccc(N(c3ccc(-c4c5ccccc5c(-c5cc6ccccc6c6ccccc56)c5ccccc45)cc3)c3ccccn3)c2)cc1. The van der Waals surface area contributed by atoms with E-state index in [9.17, 15) is 0 Å². The average Bonchev–Trinajstić information content (AvgIpc) is 3.24. The number of hydrogen-bond donors (Lipinski definition) is 0. The van der Waals surface area contributed by atoms with E-state index in [4.69, 9.17) is 4.98 Å². The van der Waals surface area contributed by atoms with Gasteiger partial charge in [-0.15, -0.1) is 0 Å². The minimum atomic E-state index is 0.869. The Hall–Kier alpha value is -7.03. The summed E-state index contributed by atoms with van der Waals surface area (Å²) >= 11 is 0. The van der Waals surface area contributed by atoms with Gasteiger partial charge in [-0.1, -0.05) is 158 Å². The van der Waals surface area contributed by atoms with Gasteiger partial charge in [-0.2, -0.15) is 0 Å². The first-order chi connectivity index (χ1) is 26.3. The molecule has 1 aromatic heterocycles. The van der Waals surface area contributed by atoms with Gasteiger partial charge in [0.2, 0.25) is 0 Å². The van der Waals surface area contributed by atoms with E-state index in [2.05, 4.69) is 193 Å². The third kappa shape index (κ3) is 5.32. The summed E-state index contributed by atoms with van der Waals surface area (Å²) in [5, 5.41) is 10.1. The molecule has 0 fully saturated rings. The second-order valence-electron chi connectivity index (χ2n) is 13.5. The van der Waals surface area contributed by atoms with Crippen LogP contribution in [0.25, 0.3) is 76.5 Å². The zero-order valence-electron chi connectivity index (χ0n) is 29.0. The topological polar surface area (TPSA) is 16.1 Å². The van der Waals surface area contributed by atoms with E-state index in [0.29, 0.717) is 0 Å². The van der Waals surface area contributed by atoms with Crippen LogP contribution in [0.1, 0.15) is 0 Å². The lowest BCUT2D eigenvalue weighted by molar-refractivity contribution is 1.18. The highest BCUT2D eigenvalue weighted by Crippen LogP contribution is 2.47.